The Morgan fingerprint density at radius 3 is 2.83 bits per heavy atom. The molecule has 0 aromatic carbocycles. The summed E-state index contributed by atoms with van der Waals surface area (Å²) in [6.07, 6.45) is 12.0. The molecule has 1 amide bonds. The van der Waals surface area contributed by atoms with Crippen LogP contribution in [0.2, 0.25) is 0 Å². The van der Waals surface area contributed by atoms with Crippen molar-refractivity contribution in [2.75, 3.05) is 33.1 Å². The largest absolute Gasteiger partial charge is 0.484 e. The normalized spacial score (nSPS) is 21.2. The average molecular weight is 406 g/mol. The van der Waals surface area contributed by atoms with Crippen LogP contribution in [0.25, 0.3) is 0 Å². The van der Waals surface area contributed by atoms with Crippen molar-refractivity contribution in [3.8, 4) is 0 Å². The van der Waals surface area contributed by atoms with Crippen LogP contribution in [-0.2, 0) is 19.0 Å². The first-order valence-electron chi connectivity index (χ1n) is 10.6. The minimum atomic E-state index is -0.125. The molecule has 29 heavy (non-hydrogen) atoms. The van der Waals surface area contributed by atoms with Crippen molar-refractivity contribution in [2.24, 2.45) is 5.92 Å². The highest BCUT2D eigenvalue weighted by Gasteiger charge is 2.20. The summed E-state index contributed by atoms with van der Waals surface area (Å²) in [6, 6.07) is 0. The number of rotatable bonds is 10. The van der Waals surface area contributed by atoms with Crippen LogP contribution in [0.3, 0.4) is 0 Å². The smallest absolute Gasteiger partial charge is 0.260 e. The van der Waals surface area contributed by atoms with Crippen LogP contribution in [0.1, 0.15) is 51.9 Å². The van der Waals surface area contributed by atoms with Crippen LogP contribution in [0, 0.1) is 5.92 Å². The molecule has 0 bridgehead atoms. The van der Waals surface area contributed by atoms with Crippen molar-refractivity contribution in [1.29, 1.82) is 0 Å². The first kappa shape index (κ1) is 23.1. The van der Waals surface area contributed by atoms with Crippen molar-refractivity contribution in [3.63, 3.8) is 0 Å². The molecule has 6 nitrogen and oxygen atoms in total. The fourth-order valence-electron chi connectivity index (χ4n) is 3.59. The quantitative estimate of drug-likeness (QED) is 0.439. The Morgan fingerprint density at radius 2 is 2.14 bits per heavy atom. The van der Waals surface area contributed by atoms with Gasteiger partial charge in [0, 0.05) is 31.7 Å². The molecule has 6 heteroatoms. The van der Waals surface area contributed by atoms with E-state index in [4.69, 9.17) is 14.2 Å². The van der Waals surface area contributed by atoms with Crippen molar-refractivity contribution >= 4 is 5.91 Å². The SMILES string of the molecule is C=C(/C=C1/OCOC1=C)OCC(=O)N(CC)CC(CO)C/C1=C\CCCCCC1. The van der Waals surface area contributed by atoms with E-state index < -0.39 is 0 Å². The summed E-state index contributed by atoms with van der Waals surface area (Å²) >= 11 is 0. The van der Waals surface area contributed by atoms with Gasteiger partial charge in [-0.1, -0.05) is 37.6 Å². The number of allylic oxidation sites excluding steroid dienone is 3. The third-order valence-electron chi connectivity index (χ3n) is 5.30. The van der Waals surface area contributed by atoms with Crippen LogP contribution in [0.4, 0.5) is 0 Å². The molecule has 2 rings (SSSR count). The van der Waals surface area contributed by atoms with Gasteiger partial charge in [0.1, 0.15) is 5.76 Å². The van der Waals surface area contributed by atoms with Gasteiger partial charge in [-0.3, -0.25) is 4.79 Å². The number of carbonyl (C=O) groups is 1. The molecule has 1 heterocycles. The molecule has 162 valence electrons. The molecular formula is C23H35NO5. The van der Waals surface area contributed by atoms with Crippen LogP contribution in [0.15, 0.2) is 48.2 Å². The molecule has 2 aliphatic rings. The molecule has 1 fully saturated rings. The van der Waals surface area contributed by atoms with E-state index in [0.29, 0.717) is 30.4 Å². The average Bonchev–Trinajstić information content (AvgIpc) is 3.09. The van der Waals surface area contributed by atoms with Crippen molar-refractivity contribution in [1.82, 2.24) is 4.90 Å². The van der Waals surface area contributed by atoms with E-state index in [0.717, 1.165) is 19.3 Å². The monoisotopic (exact) mass is 405 g/mol. The van der Waals surface area contributed by atoms with E-state index in [1.807, 2.05) is 6.92 Å². The third kappa shape index (κ3) is 7.97. The second-order valence-corrected chi connectivity index (χ2v) is 7.59. The topological polar surface area (TPSA) is 68.2 Å². The molecule has 0 spiro atoms. The van der Waals surface area contributed by atoms with E-state index in [-0.39, 0.29) is 31.8 Å². The van der Waals surface area contributed by atoms with Gasteiger partial charge >= 0.3 is 0 Å². The zero-order valence-corrected chi connectivity index (χ0v) is 17.7. The van der Waals surface area contributed by atoms with Gasteiger partial charge in [-0.25, -0.2) is 0 Å². The van der Waals surface area contributed by atoms with Crippen LogP contribution in [-0.4, -0.2) is 49.0 Å². The van der Waals surface area contributed by atoms with Crippen molar-refractivity contribution < 1.29 is 24.1 Å². The lowest BCUT2D eigenvalue weighted by Crippen LogP contribution is -2.38. The Kier molecular flexibility index (Phi) is 9.84. The van der Waals surface area contributed by atoms with Gasteiger partial charge in [0.2, 0.25) is 6.79 Å². The van der Waals surface area contributed by atoms with E-state index in [1.165, 1.54) is 31.3 Å². The van der Waals surface area contributed by atoms with Crippen molar-refractivity contribution in [3.05, 3.63) is 48.2 Å². The Bertz CT molecular complexity index is 637. The first-order chi connectivity index (χ1) is 14.0. The number of carbonyl (C=O) groups excluding carboxylic acids is 1. The van der Waals surface area contributed by atoms with Gasteiger partial charge in [0.15, 0.2) is 18.1 Å². The number of aliphatic hydroxyl groups excluding tert-OH is 1. The first-order valence-corrected chi connectivity index (χ1v) is 10.6. The Labute approximate surface area is 174 Å². The lowest BCUT2D eigenvalue weighted by atomic mass is 9.92. The summed E-state index contributed by atoms with van der Waals surface area (Å²) in [5.74, 6) is 1.12. The van der Waals surface area contributed by atoms with Gasteiger partial charge in [0.25, 0.3) is 5.91 Å². The van der Waals surface area contributed by atoms with E-state index in [2.05, 4.69) is 19.2 Å². The maximum absolute atomic E-state index is 12.6. The molecular weight excluding hydrogens is 370 g/mol. The molecule has 0 aromatic heterocycles. The number of hydrogen-bond donors (Lipinski definition) is 1. The van der Waals surface area contributed by atoms with E-state index in [9.17, 15) is 9.90 Å². The molecule has 0 saturated carbocycles. The van der Waals surface area contributed by atoms with Gasteiger partial charge in [0.05, 0.1) is 0 Å². The second-order valence-electron chi connectivity index (χ2n) is 7.59. The number of aliphatic hydroxyl groups is 1. The minimum Gasteiger partial charge on any atom is -0.484 e. The summed E-state index contributed by atoms with van der Waals surface area (Å²) in [5.41, 5.74) is 1.42. The Balaban J connectivity index is 1.83. The number of hydrogen-bond acceptors (Lipinski definition) is 5. The number of amides is 1. The van der Waals surface area contributed by atoms with E-state index in [1.54, 1.807) is 11.0 Å². The van der Waals surface area contributed by atoms with Crippen LogP contribution < -0.4 is 0 Å². The molecule has 0 aromatic rings. The lowest BCUT2D eigenvalue weighted by molar-refractivity contribution is -0.135. The van der Waals surface area contributed by atoms with Crippen LogP contribution in [0.5, 0.6) is 0 Å². The maximum Gasteiger partial charge on any atom is 0.260 e. The maximum atomic E-state index is 12.6. The molecule has 1 aliphatic carbocycles. The van der Waals surface area contributed by atoms with Gasteiger partial charge in [-0.05, 0) is 39.0 Å². The Morgan fingerprint density at radius 1 is 1.34 bits per heavy atom. The molecule has 1 atom stereocenters. The van der Waals surface area contributed by atoms with Gasteiger partial charge in [-0.2, -0.15) is 0 Å². The highest BCUT2D eigenvalue weighted by atomic mass is 16.7. The highest BCUT2D eigenvalue weighted by molar-refractivity contribution is 5.77. The standard InChI is InChI=1S/C23H35NO5/c1-4-24(14-21(15-25)13-20-10-8-6-5-7-9-11-20)23(26)16-27-18(2)12-22-19(3)28-17-29-22/h10,12,21,25H,2-9,11,13-17H2,1H3/b20-10-,22-12+. The minimum absolute atomic E-state index is 0.0438. The molecule has 0 radical (unpaired) electrons. The second kappa shape index (κ2) is 12.4. The third-order valence-corrected chi connectivity index (χ3v) is 5.30. The Hall–Kier alpha value is -2.21. The predicted octanol–water partition coefficient (Wildman–Crippen LogP) is 4.05. The van der Waals surface area contributed by atoms with Crippen LogP contribution >= 0.6 is 0 Å². The summed E-state index contributed by atoms with van der Waals surface area (Å²) in [5, 5.41) is 9.86. The number of likely N-dealkylation sites (N-methyl/N-ethyl adjacent to an activating group) is 1. The summed E-state index contributed by atoms with van der Waals surface area (Å²) in [6.45, 7) is 10.6. The molecule has 1 N–H and O–H groups in total. The lowest BCUT2D eigenvalue weighted by Gasteiger charge is -2.27. The fraction of sp³-hybridized carbons (Fsp3) is 0.609. The summed E-state index contributed by atoms with van der Waals surface area (Å²) < 4.78 is 15.8. The molecule has 1 unspecified atom stereocenters. The fourth-order valence-corrected chi connectivity index (χ4v) is 3.59. The number of nitrogens with zero attached hydrogens (tertiary/aromatic N) is 1. The zero-order valence-electron chi connectivity index (χ0n) is 17.7. The van der Waals surface area contributed by atoms with E-state index >= 15 is 0 Å². The zero-order chi connectivity index (χ0) is 21.1. The van der Waals surface area contributed by atoms with Crippen molar-refractivity contribution in [2.45, 2.75) is 51.9 Å². The number of ether oxygens (including phenoxy) is 3. The molecule has 1 saturated heterocycles. The predicted molar refractivity (Wildman–Crippen MR) is 113 cm³/mol. The highest BCUT2D eigenvalue weighted by Crippen LogP contribution is 2.23. The van der Waals surface area contributed by atoms with Gasteiger partial charge < -0.3 is 24.2 Å². The summed E-state index contributed by atoms with van der Waals surface area (Å²) in [4.78, 5) is 14.3. The molecule has 1 aliphatic heterocycles. The summed E-state index contributed by atoms with van der Waals surface area (Å²) in [7, 11) is 0. The van der Waals surface area contributed by atoms with Gasteiger partial charge in [-0.15, -0.1) is 0 Å².